The zero-order valence-corrected chi connectivity index (χ0v) is 12.7. The number of hydrogen-bond donors (Lipinski definition) is 1. The molecule has 2 rings (SSSR count). The van der Waals surface area contributed by atoms with Crippen LogP contribution in [0.25, 0.3) is 0 Å². The lowest BCUT2D eigenvalue weighted by Gasteiger charge is -2.31. The van der Waals surface area contributed by atoms with Crippen molar-refractivity contribution < 1.29 is 9.59 Å². The van der Waals surface area contributed by atoms with Crippen molar-refractivity contribution in [2.45, 2.75) is 39.7 Å². The average Bonchev–Trinajstić information content (AvgIpc) is 2.93. The molecule has 110 valence electrons. The maximum atomic E-state index is 12.1. The Morgan fingerprint density at radius 1 is 1.40 bits per heavy atom. The van der Waals surface area contributed by atoms with E-state index in [1.165, 1.54) is 11.3 Å². The zero-order chi connectivity index (χ0) is 14.5. The van der Waals surface area contributed by atoms with Gasteiger partial charge in [-0.2, -0.15) is 0 Å². The van der Waals surface area contributed by atoms with Crippen LogP contribution in [0.5, 0.6) is 0 Å². The summed E-state index contributed by atoms with van der Waals surface area (Å²) in [6, 6.07) is 0. The van der Waals surface area contributed by atoms with Gasteiger partial charge in [-0.05, 0) is 19.3 Å². The molecular weight excluding hydrogens is 276 g/mol. The molecule has 6 nitrogen and oxygen atoms in total. The molecule has 0 radical (unpaired) electrons. The third kappa shape index (κ3) is 3.75. The number of nitrogens with one attached hydrogen (secondary N) is 1. The normalized spacial score (nSPS) is 18.9. The van der Waals surface area contributed by atoms with Gasteiger partial charge in [0.25, 0.3) is 0 Å². The fourth-order valence-corrected chi connectivity index (χ4v) is 3.01. The van der Waals surface area contributed by atoms with Gasteiger partial charge in [0.05, 0.1) is 12.5 Å². The second-order valence-electron chi connectivity index (χ2n) is 4.97. The third-order valence-electron chi connectivity index (χ3n) is 3.46. The van der Waals surface area contributed by atoms with Crippen molar-refractivity contribution in [3.63, 3.8) is 0 Å². The van der Waals surface area contributed by atoms with Gasteiger partial charge in [0.1, 0.15) is 10.0 Å². The van der Waals surface area contributed by atoms with Crippen LogP contribution in [0.4, 0.5) is 0 Å². The maximum absolute atomic E-state index is 12.1. The van der Waals surface area contributed by atoms with Crippen LogP contribution >= 0.6 is 11.3 Å². The topological polar surface area (TPSA) is 75.2 Å². The Kier molecular flexibility index (Phi) is 5.05. The number of carbonyl (C=O) groups excluding carboxylic acids is 2. The molecule has 0 saturated carbocycles. The van der Waals surface area contributed by atoms with Gasteiger partial charge < -0.3 is 10.2 Å². The molecule has 2 heterocycles. The molecule has 1 N–H and O–H groups in total. The smallest absolute Gasteiger partial charge is 0.225 e. The second kappa shape index (κ2) is 6.78. The van der Waals surface area contributed by atoms with Gasteiger partial charge in [-0.3, -0.25) is 9.59 Å². The fraction of sp³-hybridized carbons (Fsp3) is 0.692. The van der Waals surface area contributed by atoms with Gasteiger partial charge in [0, 0.05) is 20.0 Å². The Balaban J connectivity index is 1.83. The van der Waals surface area contributed by atoms with Gasteiger partial charge in [-0.25, -0.2) is 0 Å². The van der Waals surface area contributed by atoms with Crippen LogP contribution in [0.15, 0.2) is 0 Å². The number of likely N-dealkylation sites (tertiary alicyclic amines) is 1. The Labute approximate surface area is 122 Å². The van der Waals surface area contributed by atoms with E-state index in [1.807, 2.05) is 6.92 Å². The monoisotopic (exact) mass is 296 g/mol. The SMILES string of the molecule is CCc1nnc(CNC(=O)C2CCCN(C(C)=O)C2)s1. The van der Waals surface area contributed by atoms with Gasteiger partial charge in [-0.1, -0.05) is 18.3 Å². The van der Waals surface area contributed by atoms with E-state index in [2.05, 4.69) is 15.5 Å². The Morgan fingerprint density at radius 2 is 2.15 bits per heavy atom. The van der Waals surface area contributed by atoms with Crippen molar-refractivity contribution in [1.82, 2.24) is 20.4 Å². The minimum absolute atomic E-state index is 0.00389. The van der Waals surface area contributed by atoms with Gasteiger partial charge in [-0.15, -0.1) is 10.2 Å². The van der Waals surface area contributed by atoms with E-state index in [9.17, 15) is 9.59 Å². The van der Waals surface area contributed by atoms with Crippen molar-refractivity contribution in [1.29, 1.82) is 0 Å². The number of aromatic nitrogens is 2. The lowest BCUT2D eigenvalue weighted by atomic mass is 9.97. The summed E-state index contributed by atoms with van der Waals surface area (Å²) in [6.07, 6.45) is 2.59. The van der Waals surface area contributed by atoms with Gasteiger partial charge in [0.2, 0.25) is 11.8 Å². The van der Waals surface area contributed by atoms with Crippen LogP contribution in [0, 0.1) is 5.92 Å². The Hall–Kier alpha value is -1.50. The summed E-state index contributed by atoms with van der Waals surface area (Å²) in [4.78, 5) is 25.2. The standard InChI is InChI=1S/C13H20N4O2S/c1-3-11-15-16-12(20-11)7-14-13(19)10-5-4-6-17(8-10)9(2)18/h10H,3-8H2,1-2H3,(H,14,19). The molecule has 2 amide bonds. The minimum atomic E-state index is -0.105. The van der Waals surface area contributed by atoms with E-state index < -0.39 is 0 Å². The highest BCUT2D eigenvalue weighted by atomic mass is 32.1. The van der Waals surface area contributed by atoms with Crippen LogP contribution < -0.4 is 5.32 Å². The molecule has 7 heteroatoms. The highest BCUT2D eigenvalue weighted by Crippen LogP contribution is 2.17. The first-order valence-corrected chi connectivity index (χ1v) is 7.76. The first-order chi connectivity index (χ1) is 9.60. The number of amides is 2. The van der Waals surface area contributed by atoms with Crippen LogP contribution in [0.1, 0.15) is 36.7 Å². The van der Waals surface area contributed by atoms with Crippen molar-refractivity contribution in [3.8, 4) is 0 Å². The van der Waals surface area contributed by atoms with Crippen LogP contribution in [-0.4, -0.2) is 40.0 Å². The predicted molar refractivity (Wildman–Crippen MR) is 76.1 cm³/mol. The van der Waals surface area contributed by atoms with Gasteiger partial charge >= 0.3 is 0 Å². The summed E-state index contributed by atoms with van der Waals surface area (Å²) in [5.41, 5.74) is 0. The van der Waals surface area contributed by atoms with E-state index in [4.69, 9.17) is 0 Å². The zero-order valence-electron chi connectivity index (χ0n) is 11.9. The minimum Gasteiger partial charge on any atom is -0.349 e. The third-order valence-corrected chi connectivity index (χ3v) is 4.53. The second-order valence-corrected chi connectivity index (χ2v) is 6.11. The molecule has 1 aromatic heterocycles. The summed E-state index contributed by atoms with van der Waals surface area (Å²) >= 11 is 1.53. The molecule has 20 heavy (non-hydrogen) atoms. The van der Waals surface area contributed by atoms with Crippen molar-refractivity contribution >= 4 is 23.2 Å². The summed E-state index contributed by atoms with van der Waals surface area (Å²) in [6.45, 7) is 5.29. The molecule has 1 unspecified atom stereocenters. The predicted octanol–water partition coefficient (Wildman–Crippen LogP) is 0.975. The molecule has 1 aliphatic heterocycles. The fourth-order valence-electron chi connectivity index (χ4n) is 2.29. The van der Waals surface area contributed by atoms with Gasteiger partial charge in [0.15, 0.2) is 0 Å². The van der Waals surface area contributed by atoms with Crippen LogP contribution in [-0.2, 0) is 22.6 Å². The van der Waals surface area contributed by atoms with E-state index >= 15 is 0 Å². The maximum Gasteiger partial charge on any atom is 0.225 e. The van der Waals surface area contributed by atoms with E-state index in [1.54, 1.807) is 11.8 Å². The molecule has 1 atom stereocenters. The van der Waals surface area contributed by atoms with Crippen molar-refractivity contribution in [2.75, 3.05) is 13.1 Å². The number of aryl methyl sites for hydroxylation is 1. The Bertz CT molecular complexity index is 488. The first kappa shape index (κ1) is 14.9. The summed E-state index contributed by atoms with van der Waals surface area (Å²) in [5, 5.41) is 12.8. The number of piperidine rings is 1. The largest absolute Gasteiger partial charge is 0.349 e. The lowest BCUT2D eigenvalue weighted by Crippen LogP contribution is -2.44. The lowest BCUT2D eigenvalue weighted by molar-refractivity contribution is -0.134. The molecule has 1 aliphatic rings. The first-order valence-electron chi connectivity index (χ1n) is 6.94. The summed E-state index contributed by atoms with van der Waals surface area (Å²) in [7, 11) is 0. The summed E-state index contributed by atoms with van der Waals surface area (Å²) in [5.74, 6) is -0.0605. The van der Waals surface area contributed by atoms with E-state index in [0.29, 0.717) is 13.1 Å². The Morgan fingerprint density at radius 3 is 2.80 bits per heavy atom. The number of nitrogens with zero attached hydrogens (tertiary/aromatic N) is 3. The number of rotatable bonds is 4. The van der Waals surface area contributed by atoms with Crippen LogP contribution in [0.3, 0.4) is 0 Å². The molecule has 1 aromatic rings. The molecule has 0 spiro atoms. The summed E-state index contributed by atoms with van der Waals surface area (Å²) < 4.78 is 0. The average molecular weight is 296 g/mol. The van der Waals surface area contributed by atoms with Crippen molar-refractivity contribution in [3.05, 3.63) is 10.0 Å². The number of hydrogen-bond acceptors (Lipinski definition) is 5. The molecule has 0 bridgehead atoms. The molecule has 0 aromatic carbocycles. The molecule has 1 saturated heterocycles. The van der Waals surface area contributed by atoms with Crippen LogP contribution in [0.2, 0.25) is 0 Å². The quantitative estimate of drug-likeness (QED) is 0.898. The van der Waals surface area contributed by atoms with E-state index in [-0.39, 0.29) is 17.7 Å². The van der Waals surface area contributed by atoms with Crippen molar-refractivity contribution in [2.24, 2.45) is 5.92 Å². The highest BCUT2D eigenvalue weighted by Gasteiger charge is 2.26. The highest BCUT2D eigenvalue weighted by molar-refractivity contribution is 7.11. The molecule has 1 fully saturated rings. The number of carbonyl (C=O) groups is 2. The molecule has 0 aliphatic carbocycles. The van der Waals surface area contributed by atoms with E-state index in [0.717, 1.165) is 35.8 Å². The molecular formula is C13H20N4O2S.